The molecule has 6 heteroatoms. The van der Waals surface area contributed by atoms with E-state index in [4.69, 9.17) is 22.7 Å². The summed E-state index contributed by atoms with van der Waals surface area (Å²) in [5, 5.41) is 3.09. The highest BCUT2D eigenvalue weighted by atomic mass is 32.1. The molecule has 103 valence electrons. The van der Waals surface area contributed by atoms with Gasteiger partial charge in [0, 0.05) is 31.6 Å². The highest BCUT2D eigenvalue weighted by Gasteiger charge is 2.09. The van der Waals surface area contributed by atoms with Crippen LogP contribution in [0.4, 0.5) is 0 Å². The largest absolute Gasteiger partial charge is 0.481 e. The molecule has 1 aromatic heterocycles. The van der Waals surface area contributed by atoms with Gasteiger partial charge in [0.05, 0.1) is 12.1 Å². The van der Waals surface area contributed by atoms with Gasteiger partial charge in [0.25, 0.3) is 0 Å². The quantitative estimate of drug-likeness (QED) is 0.734. The second-order valence-corrected chi connectivity index (χ2v) is 4.68. The first-order valence-electron chi connectivity index (χ1n) is 5.91. The minimum absolute atomic E-state index is 0.0319. The maximum Gasteiger partial charge on any atom is 0.217 e. The van der Waals surface area contributed by atoms with Gasteiger partial charge in [-0.3, -0.25) is 4.79 Å². The molecule has 0 fully saturated rings. The van der Waals surface area contributed by atoms with Crippen LogP contribution in [0.3, 0.4) is 0 Å². The third-order valence-corrected chi connectivity index (χ3v) is 2.71. The van der Waals surface area contributed by atoms with Gasteiger partial charge in [-0.15, -0.1) is 0 Å². The lowest BCUT2D eigenvalue weighted by molar-refractivity contribution is -0.118. The fraction of sp³-hybridized carbons (Fsp3) is 0.385. The molecule has 0 bridgehead atoms. The van der Waals surface area contributed by atoms with Crippen molar-refractivity contribution in [2.45, 2.75) is 19.9 Å². The molecule has 0 aliphatic rings. The number of carbonyl (C=O) groups excluding carboxylic acids is 1. The summed E-state index contributed by atoms with van der Waals surface area (Å²) in [6.07, 6.45) is 3.79. The monoisotopic (exact) mass is 280 g/mol. The summed E-state index contributed by atoms with van der Waals surface area (Å²) in [6.45, 7) is 2.48. The molecule has 0 saturated heterocycles. The molecule has 1 aromatic rings. The number of hydrogen-bond donors (Lipinski definition) is 2. The summed E-state index contributed by atoms with van der Waals surface area (Å²) in [6, 6.07) is 3.72. The lowest BCUT2D eigenvalue weighted by Gasteiger charge is -2.12. The normalized spacial score (nSPS) is 11.7. The van der Waals surface area contributed by atoms with Crippen molar-refractivity contribution in [2.75, 3.05) is 7.11 Å². The van der Waals surface area contributed by atoms with Gasteiger partial charge < -0.3 is 15.8 Å². The van der Waals surface area contributed by atoms with Crippen LogP contribution in [0.2, 0.25) is 0 Å². The van der Waals surface area contributed by atoms with Crippen LogP contribution in [0.5, 0.6) is 5.88 Å². The molecule has 0 aliphatic carbocycles. The van der Waals surface area contributed by atoms with Gasteiger partial charge in [-0.05, 0) is 17.5 Å². The van der Waals surface area contributed by atoms with Gasteiger partial charge in [-0.2, -0.15) is 0 Å². The number of nitrogens with one attached hydrogen (secondary N) is 1. The molecule has 0 aromatic carbocycles. The number of rotatable bonds is 7. The molecule has 19 heavy (non-hydrogen) atoms. The van der Waals surface area contributed by atoms with Gasteiger partial charge in [-0.1, -0.05) is 19.1 Å². The first-order chi connectivity index (χ1) is 9.01. The molecule has 0 aliphatic heterocycles. The molecule has 5 nitrogen and oxygen atoms in total. The fourth-order valence-electron chi connectivity index (χ4n) is 1.55. The number of methoxy groups -OCH3 is 1. The maximum absolute atomic E-state index is 10.8. The average molecular weight is 280 g/mol. The number of primary amides is 1. The minimum atomic E-state index is -0.328. The van der Waals surface area contributed by atoms with Crippen molar-refractivity contribution in [3.8, 4) is 5.88 Å². The Morgan fingerprint density at radius 3 is 3.05 bits per heavy atom. The Morgan fingerprint density at radius 2 is 2.42 bits per heavy atom. The number of nitrogens with zero attached hydrogens (tertiary/aromatic N) is 1. The van der Waals surface area contributed by atoms with Gasteiger partial charge >= 0.3 is 0 Å². The lowest BCUT2D eigenvalue weighted by Crippen LogP contribution is -2.25. The summed E-state index contributed by atoms with van der Waals surface area (Å²) in [5.41, 5.74) is 6.14. The van der Waals surface area contributed by atoms with Crippen molar-refractivity contribution in [2.24, 2.45) is 11.7 Å². The van der Waals surface area contributed by atoms with E-state index in [9.17, 15) is 4.79 Å². The molecule has 0 spiro atoms. The zero-order valence-electron chi connectivity index (χ0n) is 11.1. The van der Waals surface area contributed by atoms with E-state index in [-0.39, 0.29) is 11.8 Å². The molecule has 1 radical (unpaired) electrons. The minimum Gasteiger partial charge on any atom is -0.481 e. The number of amides is 1. The van der Waals surface area contributed by atoms with Gasteiger partial charge in [0.1, 0.15) is 0 Å². The van der Waals surface area contributed by atoms with Crippen molar-refractivity contribution < 1.29 is 9.53 Å². The van der Waals surface area contributed by atoms with Gasteiger partial charge in [0.2, 0.25) is 11.8 Å². The Labute approximate surface area is 118 Å². The van der Waals surface area contributed by atoms with Crippen LogP contribution in [-0.2, 0) is 11.3 Å². The Balaban J connectivity index is 2.39. The van der Waals surface area contributed by atoms with Crippen molar-refractivity contribution in [3.05, 3.63) is 30.3 Å². The molecule has 0 saturated carbocycles. The van der Waals surface area contributed by atoms with Crippen LogP contribution < -0.4 is 15.8 Å². The number of ether oxygens (including phenoxy) is 1. The van der Waals surface area contributed by atoms with Crippen LogP contribution in [0.25, 0.3) is 0 Å². The van der Waals surface area contributed by atoms with E-state index >= 15 is 0 Å². The highest BCUT2D eigenvalue weighted by molar-refractivity contribution is 7.80. The first kappa shape index (κ1) is 15.4. The summed E-state index contributed by atoms with van der Waals surface area (Å²) >= 11 is 5.18. The Kier molecular flexibility index (Phi) is 6.21. The average Bonchev–Trinajstić information content (AvgIpc) is 2.35. The Bertz CT molecular complexity index is 451. The van der Waals surface area contributed by atoms with E-state index in [2.05, 4.69) is 10.3 Å². The van der Waals surface area contributed by atoms with E-state index in [0.29, 0.717) is 23.8 Å². The number of carbonyl (C=O) groups is 1. The van der Waals surface area contributed by atoms with Crippen molar-refractivity contribution >= 4 is 23.1 Å². The Morgan fingerprint density at radius 1 is 1.68 bits per heavy atom. The zero-order chi connectivity index (χ0) is 14.3. The summed E-state index contributed by atoms with van der Waals surface area (Å²) in [5.74, 6) is 0.270. The zero-order valence-corrected chi connectivity index (χ0v) is 11.9. The highest BCUT2D eigenvalue weighted by Crippen LogP contribution is 2.09. The van der Waals surface area contributed by atoms with Gasteiger partial charge in [0.15, 0.2) is 0 Å². The van der Waals surface area contributed by atoms with Crippen LogP contribution in [-0.4, -0.2) is 23.0 Å². The van der Waals surface area contributed by atoms with E-state index in [1.54, 1.807) is 13.3 Å². The van der Waals surface area contributed by atoms with Crippen LogP contribution in [0, 0.1) is 12.3 Å². The number of hydrogen-bond acceptors (Lipinski definition) is 4. The second-order valence-electron chi connectivity index (χ2n) is 4.24. The fourth-order valence-corrected chi connectivity index (χ4v) is 1.86. The van der Waals surface area contributed by atoms with E-state index in [1.165, 1.54) is 0 Å². The van der Waals surface area contributed by atoms with Crippen molar-refractivity contribution in [1.29, 1.82) is 0 Å². The van der Waals surface area contributed by atoms with E-state index in [1.807, 2.05) is 25.5 Å². The van der Waals surface area contributed by atoms with Gasteiger partial charge in [-0.25, -0.2) is 4.98 Å². The maximum atomic E-state index is 10.8. The second kappa shape index (κ2) is 7.68. The molecule has 3 N–H and O–H groups in total. The predicted octanol–water partition coefficient (Wildman–Crippen LogP) is 1.22. The molecule has 1 rings (SSSR count). The third-order valence-electron chi connectivity index (χ3n) is 2.43. The summed E-state index contributed by atoms with van der Waals surface area (Å²) in [7, 11) is 1.57. The predicted molar refractivity (Wildman–Crippen MR) is 77.5 cm³/mol. The molecule has 0 unspecified atom stereocenters. The van der Waals surface area contributed by atoms with E-state index < -0.39 is 0 Å². The number of thiocarbonyl (C=S) groups is 1. The molecule has 1 atom stereocenters. The van der Waals surface area contributed by atoms with Crippen LogP contribution in [0.1, 0.15) is 18.9 Å². The van der Waals surface area contributed by atoms with Crippen molar-refractivity contribution in [3.63, 3.8) is 0 Å². The third kappa shape index (κ3) is 6.15. The molecular formula is C13H18N3O2S. The molecular weight excluding hydrogens is 262 g/mol. The number of aromatic nitrogens is 1. The molecule has 1 amide bonds. The lowest BCUT2D eigenvalue weighted by atomic mass is 10.0. The summed E-state index contributed by atoms with van der Waals surface area (Å²) < 4.78 is 5.04. The number of pyridine rings is 1. The topological polar surface area (TPSA) is 77.2 Å². The standard InChI is InChI=1S/C13H18N3O2S/c1-9(5-11(14)17)6-13(19)16-8-10-3-4-15-12(7-10)18-2/h3-4,6-7,9H,5,8H2,1-2H3,(H2,14,17)(H,16,19)/t9-/m1/s1. The molecule has 1 heterocycles. The first-order valence-corrected chi connectivity index (χ1v) is 6.32. The SMILES string of the molecule is COc1cc(CNC(=S)[CH][C@H](C)CC(N)=O)ccn1. The van der Waals surface area contributed by atoms with Crippen molar-refractivity contribution in [1.82, 2.24) is 10.3 Å². The smallest absolute Gasteiger partial charge is 0.217 e. The summed E-state index contributed by atoms with van der Waals surface area (Å²) in [4.78, 5) is 15.4. The van der Waals surface area contributed by atoms with Crippen LogP contribution >= 0.6 is 12.2 Å². The Hall–Kier alpha value is -1.69. The van der Waals surface area contributed by atoms with Crippen LogP contribution in [0.15, 0.2) is 18.3 Å². The van der Waals surface area contributed by atoms with E-state index in [0.717, 1.165) is 5.56 Å². The number of nitrogens with two attached hydrogens (primary N) is 1.